The summed E-state index contributed by atoms with van der Waals surface area (Å²) < 4.78 is 11.1. The maximum atomic E-state index is 11.6. The van der Waals surface area contributed by atoms with Gasteiger partial charge in [0.2, 0.25) is 11.8 Å². The van der Waals surface area contributed by atoms with Crippen LogP contribution in [0.15, 0.2) is 47.5 Å². The van der Waals surface area contributed by atoms with E-state index in [1.807, 2.05) is 18.2 Å². The molecule has 1 saturated heterocycles. The van der Waals surface area contributed by atoms with Crippen molar-refractivity contribution in [1.29, 1.82) is 0 Å². The second kappa shape index (κ2) is 10.6. The minimum Gasteiger partial charge on any atom is -0.497 e. The summed E-state index contributed by atoms with van der Waals surface area (Å²) in [4.78, 5) is 24.2. The van der Waals surface area contributed by atoms with Crippen molar-refractivity contribution in [2.45, 2.75) is 30.3 Å². The first kappa shape index (κ1) is 22.9. The third-order valence-corrected chi connectivity index (χ3v) is 7.32. The highest BCUT2D eigenvalue weighted by Gasteiger charge is 2.19. The number of aromatic nitrogens is 2. The fraction of sp³-hybridized carbons (Fsp3) is 0.400. The highest BCUT2D eigenvalue weighted by molar-refractivity contribution is 8.00. The van der Waals surface area contributed by atoms with E-state index in [4.69, 9.17) is 9.47 Å². The molecule has 0 radical (unpaired) electrons. The Balaban J connectivity index is 1.04. The molecule has 1 aromatic heterocycles. The number of hydrogen-bond acceptors (Lipinski definition) is 8. The van der Waals surface area contributed by atoms with Gasteiger partial charge in [-0.25, -0.2) is 9.97 Å². The molecule has 2 N–H and O–H groups in total. The Kier molecular flexibility index (Phi) is 7.13. The van der Waals surface area contributed by atoms with Crippen LogP contribution in [-0.2, 0) is 11.3 Å². The minimum atomic E-state index is 0.0758. The van der Waals surface area contributed by atoms with Gasteiger partial charge in [-0.1, -0.05) is 6.07 Å². The zero-order valence-corrected chi connectivity index (χ0v) is 20.1. The number of nitrogens with zero attached hydrogens (tertiary/aromatic N) is 3. The predicted octanol–water partition coefficient (Wildman–Crippen LogP) is 3.32. The Morgan fingerprint density at radius 1 is 1.18 bits per heavy atom. The number of hydrogen-bond donors (Lipinski definition) is 2. The smallest absolute Gasteiger partial charge is 0.234 e. The van der Waals surface area contributed by atoms with Gasteiger partial charge in [0.15, 0.2) is 0 Å². The molecule has 8 nitrogen and oxygen atoms in total. The van der Waals surface area contributed by atoms with Crippen molar-refractivity contribution in [2.24, 2.45) is 0 Å². The van der Waals surface area contributed by atoms with Gasteiger partial charge >= 0.3 is 0 Å². The number of anilines is 1. The average molecular weight is 480 g/mol. The van der Waals surface area contributed by atoms with Crippen LogP contribution in [0.3, 0.4) is 0 Å². The molecule has 9 heteroatoms. The highest BCUT2D eigenvalue weighted by atomic mass is 32.2. The summed E-state index contributed by atoms with van der Waals surface area (Å²) in [5.74, 6) is 1.87. The van der Waals surface area contributed by atoms with E-state index in [9.17, 15) is 4.79 Å². The molecule has 2 aliphatic heterocycles. The Labute approximate surface area is 203 Å². The number of likely N-dealkylation sites (tertiary alicyclic amines) is 1. The van der Waals surface area contributed by atoms with E-state index in [1.165, 1.54) is 5.56 Å². The van der Waals surface area contributed by atoms with Crippen molar-refractivity contribution in [3.63, 3.8) is 0 Å². The minimum absolute atomic E-state index is 0.0758. The van der Waals surface area contributed by atoms with Crippen molar-refractivity contribution in [2.75, 3.05) is 44.4 Å². The number of rotatable bonds is 8. The van der Waals surface area contributed by atoms with Crippen molar-refractivity contribution < 1.29 is 14.3 Å². The SMILES string of the molecule is COc1ccc2ncc(OCCN3CCC(NCc4ccc5c(c4)NC(=O)CS5)CC3)nc2c1. The summed E-state index contributed by atoms with van der Waals surface area (Å²) in [6.07, 6.45) is 3.88. The number of methoxy groups -OCH3 is 1. The topological polar surface area (TPSA) is 88.6 Å². The summed E-state index contributed by atoms with van der Waals surface area (Å²) >= 11 is 1.60. The lowest BCUT2D eigenvalue weighted by Crippen LogP contribution is -2.43. The molecule has 5 rings (SSSR count). The lowest BCUT2D eigenvalue weighted by atomic mass is 10.0. The molecular weight excluding hydrogens is 450 g/mol. The Morgan fingerprint density at radius 3 is 2.91 bits per heavy atom. The van der Waals surface area contributed by atoms with Gasteiger partial charge in [-0.05, 0) is 55.8 Å². The number of amides is 1. The molecule has 1 fully saturated rings. The third kappa shape index (κ3) is 5.60. The number of thioether (sulfide) groups is 1. The first-order valence-electron chi connectivity index (χ1n) is 11.6. The van der Waals surface area contributed by atoms with Crippen molar-refractivity contribution in [3.8, 4) is 11.6 Å². The molecule has 0 atom stereocenters. The van der Waals surface area contributed by atoms with Crippen LogP contribution >= 0.6 is 11.8 Å². The zero-order chi connectivity index (χ0) is 23.3. The van der Waals surface area contributed by atoms with E-state index >= 15 is 0 Å². The molecular formula is C25H29N5O3S. The highest BCUT2D eigenvalue weighted by Crippen LogP contribution is 2.32. The van der Waals surface area contributed by atoms with Gasteiger partial charge in [-0.3, -0.25) is 9.69 Å². The summed E-state index contributed by atoms with van der Waals surface area (Å²) in [5, 5.41) is 6.65. The van der Waals surface area contributed by atoms with Gasteiger partial charge < -0.3 is 20.1 Å². The lowest BCUT2D eigenvalue weighted by Gasteiger charge is -2.32. The molecule has 34 heavy (non-hydrogen) atoms. The van der Waals surface area contributed by atoms with Crippen molar-refractivity contribution >= 4 is 34.4 Å². The van der Waals surface area contributed by atoms with Crippen molar-refractivity contribution in [1.82, 2.24) is 20.2 Å². The number of nitrogens with one attached hydrogen (secondary N) is 2. The van der Waals surface area contributed by atoms with E-state index in [0.717, 1.165) is 66.4 Å². The summed E-state index contributed by atoms with van der Waals surface area (Å²) in [5.41, 5.74) is 3.72. The zero-order valence-electron chi connectivity index (χ0n) is 19.3. The van der Waals surface area contributed by atoms with E-state index in [-0.39, 0.29) is 5.91 Å². The quantitative estimate of drug-likeness (QED) is 0.509. The van der Waals surface area contributed by atoms with Gasteiger partial charge in [-0.2, -0.15) is 0 Å². The maximum absolute atomic E-state index is 11.6. The molecule has 3 aromatic rings. The first-order chi connectivity index (χ1) is 16.7. The molecule has 0 saturated carbocycles. The number of fused-ring (bicyclic) bond motifs is 2. The van der Waals surface area contributed by atoms with Crippen LogP contribution in [-0.4, -0.2) is 65.9 Å². The molecule has 0 aliphatic carbocycles. The average Bonchev–Trinajstić information content (AvgIpc) is 2.87. The van der Waals surface area contributed by atoms with Crippen LogP contribution in [0.4, 0.5) is 5.69 Å². The molecule has 1 amide bonds. The van der Waals surface area contributed by atoms with Crippen LogP contribution in [0.5, 0.6) is 11.6 Å². The molecule has 0 bridgehead atoms. The summed E-state index contributed by atoms with van der Waals surface area (Å²) in [7, 11) is 1.64. The standard InChI is InChI=1S/C25H29N5O3S/c1-32-19-3-4-20-21(13-19)29-25(15-27-20)33-11-10-30-8-6-18(7-9-30)26-14-17-2-5-23-22(12-17)28-24(31)16-34-23/h2-5,12-13,15,18,26H,6-11,14,16H2,1H3,(H,28,31). The maximum Gasteiger partial charge on any atom is 0.234 e. The van der Waals surface area contributed by atoms with E-state index in [1.54, 1.807) is 25.1 Å². The summed E-state index contributed by atoms with van der Waals surface area (Å²) in [6.45, 7) is 4.35. The molecule has 2 aliphatic rings. The largest absolute Gasteiger partial charge is 0.497 e. The Bertz CT molecular complexity index is 1170. The molecule has 3 heterocycles. The van der Waals surface area contributed by atoms with Crippen LogP contribution in [0.2, 0.25) is 0 Å². The van der Waals surface area contributed by atoms with Crippen LogP contribution in [0, 0.1) is 0 Å². The number of ether oxygens (including phenoxy) is 2. The van der Waals surface area contributed by atoms with E-state index in [2.05, 4.69) is 43.7 Å². The van der Waals surface area contributed by atoms with Gasteiger partial charge in [0.1, 0.15) is 12.4 Å². The van der Waals surface area contributed by atoms with Gasteiger partial charge in [0, 0.05) is 30.1 Å². The number of carbonyl (C=O) groups excluding carboxylic acids is 1. The number of benzene rings is 2. The van der Waals surface area contributed by atoms with E-state index < -0.39 is 0 Å². The normalized spacial score (nSPS) is 16.8. The predicted molar refractivity (Wildman–Crippen MR) is 134 cm³/mol. The Morgan fingerprint density at radius 2 is 2.06 bits per heavy atom. The molecule has 178 valence electrons. The lowest BCUT2D eigenvalue weighted by molar-refractivity contribution is -0.113. The van der Waals surface area contributed by atoms with Crippen molar-refractivity contribution in [3.05, 3.63) is 48.2 Å². The van der Waals surface area contributed by atoms with Crippen LogP contribution < -0.4 is 20.1 Å². The van der Waals surface area contributed by atoms with Gasteiger partial charge in [-0.15, -0.1) is 11.8 Å². The summed E-state index contributed by atoms with van der Waals surface area (Å²) in [6, 6.07) is 12.5. The van der Waals surface area contributed by atoms with Crippen LogP contribution in [0.1, 0.15) is 18.4 Å². The fourth-order valence-corrected chi connectivity index (χ4v) is 5.10. The van der Waals surface area contributed by atoms with Crippen LogP contribution in [0.25, 0.3) is 11.0 Å². The Hall–Kier alpha value is -2.88. The third-order valence-electron chi connectivity index (χ3n) is 6.24. The molecule has 0 spiro atoms. The number of carbonyl (C=O) groups is 1. The monoisotopic (exact) mass is 479 g/mol. The van der Waals surface area contributed by atoms with Gasteiger partial charge in [0.25, 0.3) is 0 Å². The second-order valence-corrected chi connectivity index (χ2v) is 9.59. The second-order valence-electron chi connectivity index (χ2n) is 8.58. The molecule has 0 unspecified atom stereocenters. The fourth-order valence-electron chi connectivity index (χ4n) is 4.31. The number of piperidine rings is 1. The first-order valence-corrected chi connectivity index (χ1v) is 12.6. The van der Waals surface area contributed by atoms with E-state index in [0.29, 0.717) is 24.3 Å². The van der Waals surface area contributed by atoms with Gasteiger partial charge in [0.05, 0.1) is 35.8 Å². The molecule has 2 aromatic carbocycles.